The molecule has 0 saturated carbocycles. The van der Waals surface area contributed by atoms with Crippen LogP contribution in [0.3, 0.4) is 0 Å². The Bertz CT molecular complexity index is 1530. The number of allylic oxidation sites excluding steroid dienone is 20. The highest BCUT2D eigenvalue weighted by Gasteiger charge is 2.14. The summed E-state index contributed by atoms with van der Waals surface area (Å²) >= 11 is 0. The topological polar surface area (TPSA) is 114 Å². The molecule has 2 aliphatic carbocycles. The maximum Gasteiger partial charge on any atom is 0.256 e. The van der Waals surface area contributed by atoms with Gasteiger partial charge in [-0.15, -0.1) is 24.8 Å². The molecule has 244 valence electrons. The van der Waals surface area contributed by atoms with Gasteiger partial charge in [-0.3, -0.25) is 0 Å². The van der Waals surface area contributed by atoms with E-state index in [4.69, 9.17) is 0 Å². The van der Waals surface area contributed by atoms with E-state index < -0.39 is 0 Å². The fourth-order valence-corrected chi connectivity index (χ4v) is 4.32. The number of anilines is 1. The van der Waals surface area contributed by atoms with Crippen molar-refractivity contribution < 1.29 is 10.2 Å². The van der Waals surface area contributed by atoms with Gasteiger partial charge in [0.15, 0.2) is 0 Å². The second kappa shape index (κ2) is 18.3. The number of rotatable bonds is 9. The smallest absolute Gasteiger partial charge is 0.256 e. The maximum atomic E-state index is 9.59. The first-order valence-electron chi connectivity index (χ1n) is 14.6. The SMILES string of the molecule is CN1C=CC(=CC=C2C=CC(=Nc3nc(N=C4C=CC(=CC=C5C=CN(C)C=C5)C=C4)nc(N(CCO)CCO)n3)C=C2)C=C1.Cl.Cl. The van der Waals surface area contributed by atoms with Crippen molar-refractivity contribution in [3.05, 3.63) is 144 Å². The molecule has 47 heavy (non-hydrogen) atoms. The van der Waals surface area contributed by atoms with Crippen molar-refractivity contribution in [2.45, 2.75) is 0 Å². The summed E-state index contributed by atoms with van der Waals surface area (Å²) in [5.74, 6) is 0.629. The third-order valence-corrected chi connectivity index (χ3v) is 6.81. The number of hydrogen-bond donors (Lipinski definition) is 2. The van der Waals surface area contributed by atoms with E-state index in [0.29, 0.717) is 11.4 Å². The first-order valence-corrected chi connectivity index (χ1v) is 14.6. The fraction of sp³-hybridized carbons (Fsp3) is 0.171. The van der Waals surface area contributed by atoms with Crippen LogP contribution in [0, 0.1) is 0 Å². The van der Waals surface area contributed by atoms with Crippen LogP contribution in [-0.2, 0) is 0 Å². The lowest BCUT2D eigenvalue weighted by Crippen LogP contribution is -2.31. The number of halogens is 2. The summed E-state index contributed by atoms with van der Waals surface area (Å²) in [5, 5.41) is 19.2. The molecule has 0 amide bonds. The number of aliphatic hydroxyl groups is 2. The van der Waals surface area contributed by atoms with E-state index in [1.165, 1.54) is 0 Å². The average molecular weight is 674 g/mol. The molecule has 0 unspecified atom stereocenters. The summed E-state index contributed by atoms with van der Waals surface area (Å²) in [6.45, 7) is 0.227. The molecule has 0 aromatic carbocycles. The Morgan fingerprint density at radius 2 is 0.894 bits per heavy atom. The van der Waals surface area contributed by atoms with Gasteiger partial charge in [-0.1, -0.05) is 48.6 Å². The Morgan fingerprint density at radius 3 is 1.23 bits per heavy atom. The van der Waals surface area contributed by atoms with Crippen molar-refractivity contribution in [1.29, 1.82) is 0 Å². The minimum Gasteiger partial charge on any atom is -0.395 e. The summed E-state index contributed by atoms with van der Waals surface area (Å²) in [6, 6.07) is 0. The molecule has 0 saturated heterocycles. The largest absolute Gasteiger partial charge is 0.395 e. The number of hydrogen-bond acceptors (Lipinski definition) is 10. The van der Waals surface area contributed by atoms with E-state index in [0.717, 1.165) is 22.3 Å². The fourth-order valence-electron chi connectivity index (χ4n) is 4.32. The predicted molar refractivity (Wildman–Crippen MR) is 196 cm³/mol. The standard InChI is InChI=1S/C35H36N8O2.2ClH/c1-41-19-15-29(16-20-41)5-3-27-7-11-31(12-8-27)36-33-38-34(40-35(39-33)43(23-25-44)24-26-45)37-32-13-9-28(10-14-32)4-6-30-17-21-42(2)22-18-30;;/h3-22,44-45H,23-26H2,1-2H3;2*1H. The molecule has 0 fully saturated rings. The maximum absolute atomic E-state index is 9.59. The van der Waals surface area contributed by atoms with Crippen molar-refractivity contribution in [1.82, 2.24) is 24.8 Å². The van der Waals surface area contributed by atoms with Gasteiger partial charge in [0, 0.05) is 52.0 Å². The molecule has 10 nitrogen and oxygen atoms in total. The van der Waals surface area contributed by atoms with E-state index in [1.807, 2.05) is 109 Å². The van der Waals surface area contributed by atoms with Crippen LogP contribution < -0.4 is 4.90 Å². The Kier molecular flexibility index (Phi) is 14.3. The zero-order valence-corrected chi connectivity index (χ0v) is 27.8. The van der Waals surface area contributed by atoms with Gasteiger partial charge in [-0.25, -0.2) is 9.98 Å². The highest BCUT2D eigenvalue weighted by Crippen LogP contribution is 2.21. The van der Waals surface area contributed by atoms with E-state index >= 15 is 0 Å². The van der Waals surface area contributed by atoms with E-state index in [2.05, 4.69) is 61.4 Å². The highest BCUT2D eigenvalue weighted by molar-refractivity contribution is 6.07. The first-order chi connectivity index (χ1) is 22.0. The zero-order chi connectivity index (χ0) is 31.4. The summed E-state index contributed by atoms with van der Waals surface area (Å²) in [4.78, 5) is 28.5. The van der Waals surface area contributed by atoms with Gasteiger partial charge in [0.1, 0.15) is 0 Å². The molecule has 0 radical (unpaired) electrons. The molecule has 5 rings (SSSR count). The van der Waals surface area contributed by atoms with Crippen molar-refractivity contribution in [3.8, 4) is 0 Å². The summed E-state index contributed by atoms with van der Waals surface area (Å²) < 4.78 is 0. The van der Waals surface area contributed by atoms with Crippen molar-refractivity contribution in [2.75, 3.05) is 45.3 Å². The van der Waals surface area contributed by atoms with Crippen LogP contribution in [0.4, 0.5) is 17.8 Å². The second-order valence-electron chi connectivity index (χ2n) is 10.3. The molecule has 0 spiro atoms. The number of nitrogens with zero attached hydrogens (tertiary/aromatic N) is 8. The van der Waals surface area contributed by atoms with E-state index in [1.54, 1.807) is 4.90 Å². The summed E-state index contributed by atoms with van der Waals surface area (Å²) in [5.41, 5.74) is 5.62. The first kappa shape index (κ1) is 36.6. The third-order valence-electron chi connectivity index (χ3n) is 6.81. The van der Waals surface area contributed by atoms with Gasteiger partial charge in [0.25, 0.3) is 11.9 Å². The van der Waals surface area contributed by atoms with Gasteiger partial charge in [-0.2, -0.15) is 15.0 Å². The molecule has 2 N–H and O–H groups in total. The number of aromatic nitrogens is 3. The third kappa shape index (κ3) is 11.2. The Balaban J connectivity index is 0.00000300. The normalized spacial score (nSPS) is 15.9. The van der Waals surface area contributed by atoms with Crippen molar-refractivity contribution >= 4 is 54.1 Å². The average Bonchev–Trinajstić information content (AvgIpc) is 3.05. The van der Waals surface area contributed by atoms with Crippen LogP contribution in [0.1, 0.15) is 0 Å². The van der Waals surface area contributed by atoms with Crippen LogP contribution >= 0.6 is 24.8 Å². The van der Waals surface area contributed by atoms with Gasteiger partial charge >= 0.3 is 0 Å². The molecule has 0 atom stereocenters. The Hall–Kier alpha value is -4.87. The minimum absolute atomic E-state index is 0. The number of aliphatic imine (C=N–C) groups is 2. The van der Waals surface area contributed by atoms with Crippen LogP contribution in [0.2, 0.25) is 0 Å². The summed E-state index contributed by atoms with van der Waals surface area (Å²) in [6.07, 6.45) is 39.9. The van der Waals surface area contributed by atoms with E-state index in [9.17, 15) is 10.2 Å². The lowest BCUT2D eigenvalue weighted by Gasteiger charge is -2.20. The van der Waals surface area contributed by atoms with Crippen LogP contribution in [0.15, 0.2) is 154 Å². The monoisotopic (exact) mass is 672 g/mol. The van der Waals surface area contributed by atoms with Gasteiger partial charge in [0.2, 0.25) is 5.95 Å². The minimum atomic E-state index is -0.128. The Labute approximate surface area is 287 Å². The van der Waals surface area contributed by atoms with Gasteiger partial charge < -0.3 is 24.9 Å². The van der Waals surface area contributed by atoms with Gasteiger partial charge in [-0.05, 0) is 70.9 Å². The summed E-state index contributed by atoms with van der Waals surface area (Å²) in [7, 11) is 3.98. The highest BCUT2D eigenvalue weighted by atomic mass is 35.5. The molecule has 2 aliphatic heterocycles. The number of aliphatic hydroxyl groups excluding tert-OH is 2. The van der Waals surface area contributed by atoms with Crippen molar-refractivity contribution in [2.24, 2.45) is 9.98 Å². The second-order valence-corrected chi connectivity index (χ2v) is 10.3. The van der Waals surface area contributed by atoms with Crippen LogP contribution in [0.25, 0.3) is 0 Å². The lowest BCUT2D eigenvalue weighted by atomic mass is 10.1. The molecule has 4 aliphatic rings. The van der Waals surface area contributed by atoms with Crippen molar-refractivity contribution in [3.63, 3.8) is 0 Å². The molecular weight excluding hydrogens is 635 g/mol. The molecule has 0 bridgehead atoms. The van der Waals surface area contributed by atoms with Crippen LogP contribution in [0.5, 0.6) is 0 Å². The molecular formula is C35H38Cl2N8O2. The predicted octanol–water partition coefficient (Wildman–Crippen LogP) is 5.55. The van der Waals surface area contributed by atoms with Gasteiger partial charge in [0.05, 0.1) is 24.6 Å². The quantitative estimate of drug-likeness (QED) is 0.351. The van der Waals surface area contributed by atoms with Crippen LogP contribution in [-0.4, -0.2) is 86.8 Å². The lowest BCUT2D eigenvalue weighted by molar-refractivity contribution is 0.280. The van der Waals surface area contributed by atoms with E-state index in [-0.39, 0.29) is 69.0 Å². The molecule has 3 heterocycles. The zero-order valence-electron chi connectivity index (χ0n) is 26.2. The molecule has 1 aromatic heterocycles. The Morgan fingerprint density at radius 1 is 0.553 bits per heavy atom. The molecule has 12 heteroatoms. The molecule has 1 aromatic rings.